The molecule has 0 spiro atoms. The number of aromatic nitrogens is 2. The molecule has 0 fully saturated rings. The minimum atomic E-state index is 1.17. The Labute approximate surface area is 785 Å². The monoisotopic (exact) mass is 1720 g/mol. The highest BCUT2D eigenvalue weighted by Crippen LogP contribution is 2.52. The minimum Gasteiger partial charge on any atom is -0.309 e. The third-order valence-electron chi connectivity index (χ3n) is 28.9. The Morgan fingerprint density at radius 3 is 0.676 bits per heavy atom. The van der Waals surface area contributed by atoms with Crippen LogP contribution in [0.25, 0.3) is 273 Å². The standard InChI is InChI=1S/2C46H29N.C42H26/c1-2-12-35-30(11-1)21-22-32-29-33(25-28-36(32)35)46-41-17-5-3-15-39(41)45(40-16-4-6-18-42(40)46)31-23-26-34(27-24-31)47-43-19-9-7-13-37(43)38-14-8-10-20-44(38)47;1-2-13-34(14-3-1)47-43-21-11-10-16-37(43)38-27-25-33(29-44(38)47)46-41-19-8-6-17-39(41)45(40-18-7-9-20-42(40)46)32-24-26-36-31(28-32)23-22-30-12-4-5-15-35(30)36;1-3-13-31-27(11-1)21-22-29-25-30(23-24-33(29)31)41-36-17-7-9-19-38(36)42(39-20-10-8-18-37(39)41)40-26-28-12-2-4-14-32(28)34-15-5-6-16-35(34)40/h2*1-29H;1-26H. The number of para-hydroxylation sites is 4. The normalized spacial score (nSPS) is 11.8. The van der Waals surface area contributed by atoms with Crippen LogP contribution in [0.3, 0.4) is 0 Å². The fourth-order valence-corrected chi connectivity index (χ4v) is 23.0. The summed E-state index contributed by atoms with van der Waals surface area (Å²) in [7, 11) is 0. The van der Waals surface area contributed by atoms with Gasteiger partial charge in [-0.05, 0) is 290 Å². The third kappa shape index (κ3) is 12.6. The molecule has 0 radical (unpaired) electrons. The Kier molecular flexibility index (Phi) is 18.4. The van der Waals surface area contributed by atoms with Crippen LogP contribution in [-0.4, -0.2) is 9.13 Å². The third-order valence-corrected chi connectivity index (χ3v) is 28.9. The number of hydrogen-bond acceptors (Lipinski definition) is 0. The van der Waals surface area contributed by atoms with Crippen LogP contribution in [0.4, 0.5) is 0 Å². The molecule has 2 nitrogen and oxygen atoms in total. The van der Waals surface area contributed by atoms with Crippen molar-refractivity contribution in [3.05, 3.63) is 510 Å². The molecule has 2 heterocycles. The summed E-state index contributed by atoms with van der Waals surface area (Å²) in [6, 6.07) is 187. The van der Waals surface area contributed by atoms with Crippen LogP contribution in [0.5, 0.6) is 0 Å². The number of hydrogen-bond donors (Lipinski definition) is 0. The second-order valence-corrected chi connectivity index (χ2v) is 36.2. The van der Waals surface area contributed by atoms with Gasteiger partial charge in [0.05, 0.1) is 22.1 Å². The Balaban J connectivity index is 0.000000104. The first-order valence-electron chi connectivity index (χ1n) is 47.2. The van der Waals surface area contributed by atoms with Gasteiger partial charge in [0.25, 0.3) is 0 Å². The lowest BCUT2D eigenvalue weighted by Gasteiger charge is -2.20. The molecule has 0 bridgehead atoms. The van der Waals surface area contributed by atoms with Crippen molar-refractivity contribution in [3.63, 3.8) is 0 Å². The Morgan fingerprint density at radius 1 is 0.103 bits per heavy atom. The number of rotatable bonds is 8. The van der Waals surface area contributed by atoms with E-state index in [2.05, 4.69) is 519 Å². The molecular formula is C134H84N2. The van der Waals surface area contributed by atoms with Crippen molar-refractivity contribution in [3.8, 4) is 78.1 Å². The molecule has 0 aliphatic carbocycles. The van der Waals surface area contributed by atoms with Gasteiger partial charge < -0.3 is 9.13 Å². The van der Waals surface area contributed by atoms with Gasteiger partial charge in [-0.2, -0.15) is 0 Å². The SMILES string of the molecule is c1ccc(-n2c3ccccc3c3ccc(-c4c5ccccc5c(-c5ccc6c(ccc7ccccc76)c5)c5ccccc45)cc32)cc1.c1ccc2c(c1)ccc1cc(-c3c4ccccc4c(-c4cc5ccccc5c5ccccc45)c4ccccc34)ccc12.c1ccc2c(c1)ccc1cc(-c3c4ccccc4c(-c4ccc(-n5c6ccccc6c6ccccc65)cc4)c4ccccc34)ccc12. The zero-order valence-corrected chi connectivity index (χ0v) is 74.4. The molecule has 0 amide bonds. The minimum absolute atomic E-state index is 1.17. The van der Waals surface area contributed by atoms with E-state index in [1.165, 1.54) is 273 Å². The van der Waals surface area contributed by atoms with Gasteiger partial charge in [0.1, 0.15) is 0 Å². The molecule has 0 aliphatic rings. The molecule has 136 heavy (non-hydrogen) atoms. The van der Waals surface area contributed by atoms with Crippen molar-refractivity contribution in [1.29, 1.82) is 0 Å². The molecule has 0 aliphatic heterocycles. The van der Waals surface area contributed by atoms with E-state index in [1.54, 1.807) is 0 Å². The largest absolute Gasteiger partial charge is 0.309 e. The molecule has 0 saturated carbocycles. The van der Waals surface area contributed by atoms with Crippen molar-refractivity contribution in [2.24, 2.45) is 0 Å². The first-order chi connectivity index (χ1) is 67.5. The van der Waals surface area contributed by atoms with E-state index >= 15 is 0 Å². The molecule has 29 aromatic rings. The molecule has 0 unspecified atom stereocenters. The van der Waals surface area contributed by atoms with Crippen LogP contribution in [0.15, 0.2) is 510 Å². The lowest BCUT2D eigenvalue weighted by Crippen LogP contribution is -1.94. The van der Waals surface area contributed by atoms with Gasteiger partial charge in [0.15, 0.2) is 0 Å². The summed E-state index contributed by atoms with van der Waals surface area (Å²) < 4.78 is 4.79. The van der Waals surface area contributed by atoms with E-state index in [4.69, 9.17) is 0 Å². The zero-order chi connectivity index (χ0) is 89.4. The second kappa shape index (κ2) is 32.0. The van der Waals surface area contributed by atoms with Crippen molar-refractivity contribution in [1.82, 2.24) is 9.13 Å². The van der Waals surface area contributed by atoms with Crippen molar-refractivity contribution >= 4 is 194 Å². The Bertz CT molecular complexity index is 9780. The van der Waals surface area contributed by atoms with Gasteiger partial charge in [-0.25, -0.2) is 0 Å². The molecule has 2 heteroatoms. The van der Waals surface area contributed by atoms with Gasteiger partial charge >= 0.3 is 0 Å². The summed E-state index contributed by atoms with van der Waals surface area (Å²) in [4.78, 5) is 0. The summed E-state index contributed by atoms with van der Waals surface area (Å²) in [6.45, 7) is 0. The predicted molar refractivity (Wildman–Crippen MR) is 586 cm³/mol. The first kappa shape index (κ1) is 78.1. The summed E-state index contributed by atoms with van der Waals surface area (Å²) in [5.74, 6) is 0. The maximum absolute atomic E-state index is 2.41. The fourth-order valence-electron chi connectivity index (χ4n) is 23.0. The molecule has 630 valence electrons. The number of fused-ring (bicyclic) bond motifs is 24. The topological polar surface area (TPSA) is 9.86 Å². The highest BCUT2D eigenvalue weighted by Gasteiger charge is 2.25. The highest BCUT2D eigenvalue weighted by atomic mass is 15.0. The average molecular weight is 1720 g/mol. The van der Waals surface area contributed by atoms with Crippen LogP contribution in [0, 0.1) is 0 Å². The molecule has 0 atom stereocenters. The van der Waals surface area contributed by atoms with E-state index in [0.29, 0.717) is 0 Å². The quantitative estimate of drug-likeness (QED) is 0.106. The van der Waals surface area contributed by atoms with E-state index in [1.807, 2.05) is 0 Å². The van der Waals surface area contributed by atoms with Gasteiger partial charge in [-0.1, -0.05) is 437 Å². The van der Waals surface area contributed by atoms with E-state index < -0.39 is 0 Å². The van der Waals surface area contributed by atoms with Crippen LogP contribution in [0.2, 0.25) is 0 Å². The van der Waals surface area contributed by atoms with Crippen LogP contribution in [0.1, 0.15) is 0 Å². The van der Waals surface area contributed by atoms with Gasteiger partial charge in [0, 0.05) is 32.9 Å². The summed E-state index contributed by atoms with van der Waals surface area (Å²) >= 11 is 0. The first-order valence-corrected chi connectivity index (χ1v) is 47.2. The van der Waals surface area contributed by atoms with Crippen molar-refractivity contribution in [2.45, 2.75) is 0 Å². The highest BCUT2D eigenvalue weighted by molar-refractivity contribution is 6.29. The van der Waals surface area contributed by atoms with Crippen LogP contribution >= 0.6 is 0 Å². The Hall–Kier alpha value is -17.8. The van der Waals surface area contributed by atoms with Gasteiger partial charge in [0.2, 0.25) is 0 Å². The van der Waals surface area contributed by atoms with Crippen LogP contribution < -0.4 is 0 Å². The molecule has 0 saturated heterocycles. The summed E-state index contributed by atoms with van der Waals surface area (Å²) in [5, 5.41) is 40.9. The van der Waals surface area contributed by atoms with E-state index in [-0.39, 0.29) is 0 Å². The molecular weight excluding hydrogens is 1640 g/mol. The summed E-state index contributed by atoms with van der Waals surface area (Å²) in [5.41, 5.74) is 22.4. The Morgan fingerprint density at radius 2 is 0.316 bits per heavy atom. The maximum atomic E-state index is 2.41. The van der Waals surface area contributed by atoms with Gasteiger partial charge in [-0.15, -0.1) is 0 Å². The molecule has 2 aromatic heterocycles. The average Bonchev–Trinajstić information content (AvgIpc) is 1.48. The molecule has 27 aromatic carbocycles. The lowest BCUT2D eigenvalue weighted by atomic mass is 9.83. The lowest BCUT2D eigenvalue weighted by molar-refractivity contribution is 1.18. The van der Waals surface area contributed by atoms with Crippen LogP contribution in [-0.2, 0) is 0 Å². The van der Waals surface area contributed by atoms with Crippen molar-refractivity contribution < 1.29 is 0 Å². The second-order valence-electron chi connectivity index (χ2n) is 36.2. The number of benzene rings is 27. The maximum Gasteiger partial charge on any atom is 0.0547 e. The van der Waals surface area contributed by atoms with Crippen molar-refractivity contribution in [2.75, 3.05) is 0 Å². The molecule has 0 N–H and O–H groups in total. The smallest absolute Gasteiger partial charge is 0.0547 e. The van der Waals surface area contributed by atoms with Gasteiger partial charge in [-0.3, -0.25) is 0 Å². The molecule has 29 rings (SSSR count). The zero-order valence-electron chi connectivity index (χ0n) is 74.4. The number of nitrogens with zero attached hydrogens (tertiary/aromatic N) is 2. The fraction of sp³-hybridized carbons (Fsp3) is 0. The summed E-state index contributed by atoms with van der Waals surface area (Å²) in [6.07, 6.45) is 0. The predicted octanol–water partition coefficient (Wildman–Crippen LogP) is 37.4. The van der Waals surface area contributed by atoms with E-state index in [0.717, 1.165) is 0 Å². The van der Waals surface area contributed by atoms with E-state index in [9.17, 15) is 0 Å².